The molecule has 0 aliphatic carbocycles. The maximum atomic E-state index is 6.22. The van der Waals surface area contributed by atoms with Crippen molar-refractivity contribution in [3.8, 4) is 5.75 Å². The molecule has 0 radical (unpaired) electrons. The molecular weight excluding hydrogens is 326 g/mol. The van der Waals surface area contributed by atoms with E-state index in [2.05, 4.69) is 28.1 Å². The molecule has 1 aliphatic rings. The molecule has 19 heavy (non-hydrogen) atoms. The van der Waals surface area contributed by atoms with Gasteiger partial charge in [-0.25, -0.2) is 0 Å². The Labute approximate surface area is 125 Å². The average Bonchev–Trinajstić information content (AvgIpc) is 2.40. The Kier molecular flexibility index (Phi) is 3.52. The van der Waals surface area contributed by atoms with Crippen molar-refractivity contribution in [2.45, 2.75) is 18.6 Å². The van der Waals surface area contributed by atoms with Crippen LogP contribution in [0.2, 0.25) is 5.02 Å². The Hall–Kier alpha value is -1.03. The molecule has 2 nitrogen and oxygen atoms in total. The van der Waals surface area contributed by atoms with Gasteiger partial charge in [-0.1, -0.05) is 39.7 Å². The van der Waals surface area contributed by atoms with E-state index in [9.17, 15) is 0 Å². The first-order valence-corrected chi connectivity index (χ1v) is 7.28. The fourth-order valence-corrected chi connectivity index (χ4v) is 2.80. The average molecular weight is 339 g/mol. The zero-order valence-electron chi connectivity index (χ0n) is 10.1. The molecule has 1 unspecified atom stereocenters. The van der Waals surface area contributed by atoms with Crippen molar-refractivity contribution in [3.05, 3.63) is 63.1 Å². The van der Waals surface area contributed by atoms with Crippen LogP contribution in [0, 0.1) is 0 Å². The van der Waals surface area contributed by atoms with Crippen LogP contribution in [0.4, 0.5) is 0 Å². The lowest BCUT2D eigenvalue weighted by Gasteiger charge is -2.30. The minimum atomic E-state index is -0.0453. The highest BCUT2D eigenvalue weighted by molar-refractivity contribution is 9.10. The van der Waals surface area contributed by atoms with Gasteiger partial charge < -0.3 is 10.5 Å². The largest absolute Gasteiger partial charge is 0.485 e. The summed E-state index contributed by atoms with van der Waals surface area (Å²) in [6.07, 6.45) is 0.756. The number of hydrogen-bond donors (Lipinski definition) is 1. The van der Waals surface area contributed by atoms with Gasteiger partial charge in [-0.3, -0.25) is 0 Å². The van der Waals surface area contributed by atoms with E-state index in [1.165, 1.54) is 0 Å². The summed E-state index contributed by atoms with van der Waals surface area (Å²) in [5.74, 6) is 0.830. The molecule has 0 fully saturated rings. The molecule has 1 heterocycles. The zero-order chi connectivity index (χ0) is 13.4. The van der Waals surface area contributed by atoms with Gasteiger partial charge in [0.25, 0.3) is 0 Å². The van der Waals surface area contributed by atoms with Crippen LogP contribution in [-0.4, -0.2) is 0 Å². The summed E-state index contributed by atoms with van der Waals surface area (Å²) >= 11 is 9.43. The second-order valence-corrected chi connectivity index (χ2v) is 6.03. The van der Waals surface area contributed by atoms with Gasteiger partial charge in [-0.05, 0) is 35.9 Å². The van der Waals surface area contributed by atoms with Crippen LogP contribution in [0.5, 0.6) is 5.75 Å². The first-order chi connectivity index (χ1) is 9.13. The number of ether oxygens (including phenoxy) is 1. The molecule has 0 amide bonds. The molecule has 0 aromatic heterocycles. The van der Waals surface area contributed by atoms with Gasteiger partial charge in [0.2, 0.25) is 0 Å². The second kappa shape index (κ2) is 5.16. The SMILES string of the molecule is N[C@H]1CC(c2ccc(Br)cc2)Oc2ccc(Cl)cc21. The Morgan fingerprint density at radius 1 is 1.16 bits per heavy atom. The summed E-state index contributed by atoms with van der Waals surface area (Å²) in [5.41, 5.74) is 8.35. The van der Waals surface area contributed by atoms with Crippen molar-refractivity contribution in [1.82, 2.24) is 0 Å². The van der Waals surface area contributed by atoms with E-state index in [-0.39, 0.29) is 12.1 Å². The third-order valence-corrected chi connectivity index (χ3v) is 4.11. The molecular formula is C15H13BrClNO. The van der Waals surface area contributed by atoms with Gasteiger partial charge in [0, 0.05) is 27.5 Å². The molecule has 2 N–H and O–H groups in total. The summed E-state index contributed by atoms with van der Waals surface area (Å²) < 4.78 is 7.09. The topological polar surface area (TPSA) is 35.2 Å². The van der Waals surface area contributed by atoms with Crippen molar-refractivity contribution >= 4 is 27.5 Å². The van der Waals surface area contributed by atoms with E-state index >= 15 is 0 Å². The Balaban J connectivity index is 1.92. The molecule has 0 saturated heterocycles. The minimum absolute atomic E-state index is 0.00299. The highest BCUT2D eigenvalue weighted by atomic mass is 79.9. The molecule has 0 spiro atoms. The first kappa shape index (κ1) is 13.0. The second-order valence-electron chi connectivity index (χ2n) is 4.68. The van der Waals surface area contributed by atoms with E-state index in [0.29, 0.717) is 5.02 Å². The summed E-state index contributed by atoms with van der Waals surface area (Å²) in [6.45, 7) is 0. The molecule has 3 rings (SSSR count). The maximum absolute atomic E-state index is 6.22. The molecule has 1 aliphatic heterocycles. The van der Waals surface area contributed by atoms with Gasteiger partial charge >= 0.3 is 0 Å². The van der Waals surface area contributed by atoms with Crippen molar-refractivity contribution in [1.29, 1.82) is 0 Å². The van der Waals surface area contributed by atoms with E-state index in [1.54, 1.807) is 0 Å². The van der Waals surface area contributed by atoms with Gasteiger partial charge in [0.15, 0.2) is 0 Å². The number of benzene rings is 2. The lowest BCUT2D eigenvalue weighted by molar-refractivity contribution is 0.161. The van der Waals surface area contributed by atoms with Gasteiger partial charge in [0.05, 0.1) is 0 Å². The molecule has 2 aromatic rings. The zero-order valence-corrected chi connectivity index (χ0v) is 12.5. The number of fused-ring (bicyclic) bond motifs is 1. The highest BCUT2D eigenvalue weighted by Crippen LogP contribution is 2.40. The van der Waals surface area contributed by atoms with Crippen molar-refractivity contribution < 1.29 is 4.74 Å². The predicted octanol–water partition coefficient (Wildman–Crippen LogP) is 4.63. The lowest BCUT2D eigenvalue weighted by Crippen LogP contribution is -2.24. The van der Waals surface area contributed by atoms with Crippen LogP contribution < -0.4 is 10.5 Å². The number of nitrogens with two attached hydrogens (primary N) is 1. The smallest absolute Gasteiger partial charge is 0.126 e. The molecule has 2 atom stereocenters. The van der Waals surface area contributed by atoms with Gasteiger partial charge in [-0.2, -0.15) is 0 Å². The van der Waals surface area contributed by atoms with Crippen LogP contribution in [0.3, 0.4) is 0 Å². The predicted molar refractivity (Wildman–Crippen MR) is 80.5 cm³/mol. The molecule has 0 saturated carbocycles. The Bertz CT molecular complexity index is 600. The van der Waals surface area contributed by atoms with Crippen LogP contribution in [0.1, 0.15) is 29.7 Å². The van der Waals surface area contributed by atoms with E-state index in [0.717, 1.165) is 27.8 Å². The monoisotopic (exact) mass is 337 g/mol. The number of halogens is 2. The van der Waals surface area contributed by atoms with Crippen molar-refractivity contribution in [2.75, 3.05) is 0 Å². The Morgan fingerprint density at radius 2 is 1.89 bits per heavy atom. The standard InChI is InChI=1S/C15H13BrClNO/c16-10-3-1-9(2-4-10)15-8-13(18)12-7-11(17)5-6-14(12)19-15/h1-7,13,15H,8,18H2/t13-,15?/m0/s1. The summed E-state index contributed by atoms with van der Waals surface area (Å²) in [6, 6.07) is 13.7. The van der Waals surface area contributed by atoms with Crippen LogP contribution in [0.15, 0.2) is 46.9 Å². The third kappa shape index (κ3) is 2.64. The van der Waals surface area contributed by atoms with Crippen LogP contribution in [0.25, 0.3) is 0 Å². The van der Waals surface area contributed by atoms with Gasteiger partial charge in [0.1, 0.15) is 11.9 Å². The summed E-state index contributed by atoms with van der Waals surface area (Å²) in [5, 5.41) is 0.694. The number of hydrogen-bond acceptors (Lipinski definition) is 2. The Morgan fingerprint density at radius 3 is 2.63 bits per heavy atom. The molecule has 4 heteroatoms. The van der Waals surface area contributed by atoms with E-state index < -0.39 is 0 Å². The van der Waals surface area contributed by atoms with Crippen LogP contribution in [-0.2, 0) is 0 Å². The summed E-state index contributed by atoms with van der Waals surface area (Å²) in [7, 11) is 0. The molecule has 2 aromatic carbocycles. The van der Waals surface area contributed by atoms with Crippen molar-refractivity contribution in [3.63, 3.8) is 0 Å². The van der Waals surface area contributed by atoms with E-state index in [4.69, 9.17) is 22.1 Å². The minimum Gasteiger partial charge on any atom is -0.485 e. The molecule has 98 valence electrons. The first-order valence-electron chi connectivity index (χ1n) is 6.10. The summed E-state index contributed by atoms with van der Waals surface area (Å²) in [4.78, 5) is 0. The third-order valence-electron chi connectivity index (χ3n) is 3.35. The lowest BCUT2D eigenvalue weighted by atomic mass is 9.94. The number of rotatable bonds is 1. The van der Waals surface area contributed by atoms with Crippen LogP contribution >= 0.6 is 27.5 Å². The highest BCUT2D eigenvalue weighted by Gasteiger charge is 2.27. The van der Waals surface area contributed by atoms with Crippen molar-refractivity contribution in [2.24, 2.45) is 5.73 Å². The van der Waals surface area contributed by atoms with E-state index in [1.807, 2.05) is 30.3 Å². The fourth-order valence-electron chi connectivity index (χ4n) is 2.36. The quantitative estimate of drug-likeness (QED) is 0.823. The normalized spacial score (nSPS) is 21.6. The molecule has 0 bridgehead atoms. The fraction of sp³-hybridized carbons (Fsp3) is 0.200. The maximum Gasteiger partial charge on any atom is 0.126 e. The van der Waals surface area contributed by atoms with Gasteiger partial charge in [-0.15, -0.1) is 0 Å².